The number of carbonyl (C=O) groups is 1. The molecule has 0 aromatic heterocycles. The maximum atomic E-state index is 13.0. The number of sulfonamides is 1. The summed E-state index contributed by atoms with van der Waals surface area (Å²) in [5.41, 5.74) is -1.90. The lowest BCUT2D eigenvalue weighted by atomic mass is 9.89. The number of aliphatic imine (C=N–C) groups is 1. The summed E-state index contributed by atoms with van der Waals surface area (Å²) in [5.74, 6) is -0.387. The average Bonchev–Trinajstić information content (AvgIpc) is 3.04. The molecule has 1 saturated heterocycles. The highest BCUT2D eigenvalue weighted by Gasteiger charge is 2.48. The Hall–Kier alpha value is -2.43. The zero-order valence-electron chi connectivity index (χ0n) is 16.0. The number of nitrogens with zero attached hydrogens (tertiary/aromatic N) is 2. The maximum absolute atomic E-state index is 13.0. The molecule has 1 amide bonds. The van der Waals surface area contributed by atoms with Gasteiger partial charge >= 0.3 is 6.18 Å². The molecule has 0 saturated carbocycles. The Morgan fingerprint density at radius 3 is 2.39 bits per heavy atom. The molecule has 2 aliphatic heterocycles. The van der Waals surface area contributed by atoms with Crippen LogP contribution in [0.1, 0.15) is 24.0 Å². The quantitative estimate of drug-likeness (QED) is 0.744. The molecule has 1 fully saturated rings. The number of alkyl halides is 3. The smallest absolute Gasteiger partial charge is 0.308 e. The lowest BCUT2D eigenvalue weighted by molar-refractivity contribution is -0.137. The van der Waals surface area contributed by atoms with Crippen LogP contribution in [-0.4, -0.2) is 43.1 Å². The molecule has 164 valence electrons. The molecule has 0 unspecified atom stereocenters. The summed E-state index contributed by atoms with van der Waals surface area (Å²) in [6.45, 7) is 0.0866. The van der Waals surface area contributed by atoms with E-state index in [-0.39, 0.29) is 42.2 Å². The number of piperidine rings is 1. The predicted octanol–water partition coefficient (Wildman–Crippen LogP) is 3.46. The van der Waals surface area contributed by atoms with Crippen molar-refractivity contribution >= 4 is 33.4 Å². The van der Waals surface area contributed by atoms with Crippen LogP contribution in [0.25, 0.3) is 0 Å². The van der Waals surface area contributed by atoms with Crippen molar-refractivity contribution < 1.29 is 26.4 Å². The fraction of sp³-hybridized carbons (Fsp3) is 0.300. The Morgan fingerprint density at radius 1 is 1.06 bits per heavy atom. The summed E-state index contributed by atoms with van der Waals surface area (Å²) >= 11 is 5.90. The van der Waals surface area contributed by atoms with Crippen LogP contribution in [0.3, 0.4) is 0 Å². The van der Waals surface area contributed by atoms with Crippen LogP contribution < -0.4 is 5.32 Å². The van der Waals surface area contributed by atoms with Crippen molar-refractivity contribution in [3.8, 4) is 0 Å². The van der Waals surface area contributed by atoms with Crippen LogP contribution in [0.4, 0.5) is 13.2 Å². The molecule has 6 nitrogen and oxygen atoms in total. The predicted molar refractivity (Wildman–Crippen MR) is 108 cm³/mol. The van der Waals surface area contributed by atoms with E-state index >= 15 is 0 Å². The third-order valence-corrected chi connectivity index (χ3v) is 7.56. The molecule has 0 bridgehead atoms. The minimum absolute atomic E-state index is 0.0433. The number of hydrogen-bond donors (Lipinski definition) is 1. The minimum atomic E-state index is -4.52. The summed E-state index contributed by atoms with van der Waals surface area (Å²) in [6.07, 6.45) is -4.29. The Bertz CT molecular complexity index is 1170. The van der Waals surface area contributed by atoms with Crippen LogP contribution in [-0.2, 0) is 21.0 Å². The van der Waals surface area contributed by atoms with E-state index in [9.17, 15) is 26.4 Å². The maximum Gasteiger partial charge on any atom is 0.416 e. The van der Waals surface area contributed by atoms with E-state index in [1.165, 1.54) is 34.6 Å². The zero-order chi connectivity index (χ0) is 22.4. The molecule has 0 radical (unpaired) electrons. The molecule has 0 atom stereocenters. The first-order chi connectivity index (χ1) is 14.5. The van der Waals surface area contributed by atoms with Gasteiger partial charge in [0.1, 0.15) is 11.4 Å². The third kappa shape index (κ3) is 4.07. The summed E-state index contributed by atoms with van der Waals surface area (Å²) in [7, 11) is -3.79. The fourth-order valence-electron chi connectivity index (χ4n) is 3.71. The van der Waals surface area contributed by atoms with Gasteiger partial charge in [-0.2, -0.15) is 17.5 Å². The molecule has 1 N–H and O–H groups in total. The summed E-state index contributed by atoms with van der Waals surface area (Å²) < 4.78 is 66.0. The number of halogens is 4. The second-order valence-corrected chi connectivity index (χ2v) is 9.76. The van der Waals surface area contributed by atoms with Gasteiger partial charge in [0.15, 0.2) is 0 Å². The van der Waals surface area contributed by atoms with E-state index < -0.39 is 33.2 Å². The number of hydrogen-bond acceptors (Lipinski definition) is 4. The molecule has 2 aliphatic rings. The van der Waals surface area contributed by atoms with E-state index in [0.29, 0.717) is 5.02 Å². The molecule has 4 rings (SSSR count). The zero-order valence-corrected chi connectivity index (χ0v) is 17.6. The van der Waals surface area contributed by atoms with Crippen molar-refractivity contribution in [2.45, 2.75) is 29.5 Å². The Labute approximate surface area is 181 Å². The largest absolute Gasteiger partial charge is 0.416 e. The van der Waals surface area contributed by atoms with Crippen molar-refractivity contribution in [1.29, 1.82) is 0 Å². The molecular weight excluding hydrogens is 455 g/mol. The minimum Gasteiger partial charge on any atom is -0.308 e. The highest BCUT2D eigenvalue weighted by molar-refractivity contribution is 7.89. The molecule has 1 spiro atoms. The summed E-state index contributed by atoms with van der Waals surface area (Å²) in [4.78, 5) is 17.1. The first-order valence-corrected chi connectivity index (χ1v) is 11.2. The van der Waals surface area contributed by atoms with E-state index in [1.807, 2.05) is 0 Å². The number of amidine groups is 1. The van der Waals surface area contributed by atoms with Gasteiger partial charge in [0.05, 0.1) is 10.5 Å². The number of nitrogens with one attached hydrogen (secondary N) is 1. The lowest BCUT2D eigenvalue weighted by Crippen LogP contribution is -2.50. The van der Waals surface area contributed by atoms with Crippen LogP contribution in [0.2, 0.25) is 5.02 Å². The van der Waals surface area contributed by atoms with E-state index in [4.69, 9.17) is 11.6 Å². The first-order valence-electron chi connectivity index (χ1n) is 9.36. The van der Waals surface area contributed by atoms with Crippen LogP contribution in [0.15, 0.2) is 58.4 Å². The summed E-state index contributed by atoms with van der Waals surface area (Å²) in [5, 5.41) is 2.85. The van der Waals surface area contributed by atoms with Crippen molar-refractivity contribution in [2.75, 3.05) is 13.1 Å². The van der Waals surface area contributed by atoms with Gasteiger partial charge < -0.3 is 5.32 Å². The van der Waals surface area contributed by atoms with Crippen molar-refractivity contribution in [3.63, 3.8) is 0 Å². The molecular formula is C20H17ClF3N3O3S. The van der Waals surface area contributed by atoms with Gasteiger partial charge in [-0.3, -0.25) is 9.79 Å². The lowest BCUT2D eigenvalue weighted by Gasteiger charge is -2.34. The van der Waals surface area contributed by atoms with Gasteiger partial charge in [0.2, 0.25) is 10.0 Å². The second-order valence-electron chi connectivity index (χ2n) is 7.39. The fourth-order valence-corrected chi connectivity index (χ4v) is 5.45. The van der Waals surface area contributed by atoms with E-state index in [0.717, 1.165) is 12.1 Å². The van der Waals surface area contributed by atoms with Gasteiger partial charge in [-0.25, -0.2) is 8.42 Å². The molecule has 2 aromatic rings. The molecule has 2 aromatic carbocycles. The normalized spacial score (nSPS) is 19.4. The van der Waals surface area contributed by atoms with Gasteiger partial charge in [0.25, 0.3) is 5.91 Å². The SMILES string of the molecule is O=C1NC(c2cccc(C(F)(F)F)c2)=NC12CCN(S(=O)(=O)c1cccc(Cl)c1)CC2. The van der Waals surface area contributed by atoms with Crippen LogP contribution >= 0.6 is 11.6 Å². The highest BCUT2D eigenvalue weighted by atomic mass is 35.5. The number of benzene rings is 2. The second kappa shape index (κ2) is 7.61. The van der Waals surface area contributed by atoms with Gasteiger partial charge in [-0.05, 0) is 43.2 Å². The van der Waals surface area contributed by atoms with Crippen molar-refractivity contribution in [2.24, 2.45) is 4.99 Å². The monoisotopic (exact) mass is 471 g/mol. The number of carbonyl (C=O) groups excluding carboxylic acids is 1. The highest BCUT2D eigenvalue weighted by Crippen LogP contribution is 2.34. The summed E-state index contributed by atoms with van der Waals surface area (Å²) in [6, 6.07) is 10.5. The average molecular weight is 472 g/mol. The van der Waals surface area contributed by atoms with Crippen molar-refractivity contribution in [1.82, 2.24) is 9.62 Å². The molecule has 2 heterocycles. The Morgan fingerprint density at radius 2 is 1.74 bits per heavy atom. The van der Waals surface area contributed by atoms with E-state index in [2.05, 4.69) is 10.3 Å². The molecule has 11 heteroatoms. The number of amides is 1. The van der Waals surface area contributed by atoms with Gasteiger partial charge in [0, 0.05) is 23.7 Å². The standard InChI is InChI=1S/C20H17ClF3N3O3S/c21-15-5-2-6-16(12-15)31(29,30)27-9-7-19(8-10-27)18(28)25-17(26-19)13-3-1-4-14(11-13)20(22,23)24/h1-6,11-12H,7-10H2,(H,25,26,28). The Balaban J connectivity index is 1.56. The van der Waals surface area contributed by atoms with Gasteiger partial charge in [-0.15, -0.1) is 0 Å². The van der Waals surface area contributed by atoms with Crippen LogP contribution in [0, 0.1) is 0 Å². The van der Waals surface area contributed by atoms with E-state index in [1.54, 1.807) is 6.07 Å². The van der Waals surface area contributed by atoms with Gasteiger partial charge in [-0.1, -0.05) is 29.8 Å². The van der Waals surface area contributed by atoms with Crippen molar-refractivity contribution in [3.05, 3.63) is 64.7 Å². The Kier molecular flexibility index (Phi) is 5.35. The molecule has 0 aliphatic carbocycles. The third-order valence-electron chi connectivity index (χ3n) is 5.43. The topological polar surface area (TPSA) is 78.8 Å². The molecule has 31 heavy (non-hydrogen) atoms. The first kappa shape index (κ1) is 21.8. The number of rotatable bonds is 3. The van der Waals surface area contributed by atoms with Crippen LogP contribution in [0.5, 0.6) is 0 Å².